The van der Waals surface area contributed by atoms with E-state index < -0.39 is 0 Å². The Bertz CT molecular complexity index is 745. The van der Waals surface area contributed by atoms with Crippen molar-refractivity contribution < 1.29 is 19.4 Å². The van der Waals surface area contributed by atoms with Crippen LogP contribution in [0, 0.1) is 5.92 Å². The molecule has 3 saturated heterocycles. The highest BCUT2D eigenvalue weighted by Gasteiger charge is 2.39. The maximum Gasteiger partial charge on any atom is 0.323 e. The number of nitrogens with zero attached hydrogens (tertiary/aromatic N) is 2. The number of hydrogen-bond acceptors (Lipinski definition) is 6. The fourth-order valence-corrected chi connectivity index (χ4v) is 5.36. The molecule has 0 saturated carbocycles. The van der Waals surface area contributed by atoms with Gasteiger partial charge in [-0.3, -0.25) is 9.69 Å². The van der Waals surface area contributed by atoms with Crippen molar-refractivity contribution in [3.8, 4) is 5.75 Å². The van der Waals surface area contributed by atoms with Crippen molar-refractivity contribution in [2.45, 2.75) is 70.3 Å². The van der Waals surface area contributed by atoms with E-state index in [1.807, 2.05) is 12.1 Å². The smallest absolute Gasteiger partial charge is 0.323 e. The zero-order chi connectivity index (χ0) is 21.8. The standard InChI is InChI=1S/C24H35ClN2O4/c1-2-19-14-23(24(29)31-19)27-11-5-17(6-12-27)15-26-9-7-20(8-10-26)30-21-4-3-18(16-28)22(25)13-21/h3-4,13,17,19-20,23,28H,2,5-12,14-16H2,1H3/t19?,23-/m0/s1. The molecule has 0 amide bonds. The molecule has 1 aromatic carbocycles. The van der Waals surface area contributed by atoms with Crippen molar-refractivity contribution in [1.82, 2.24) is 9.80 Å². The van der Waals surface area contributed by atoms with Crippen molar-refractivity contribution in [2.24, 2.45) is 5.92 Å². The molecule has 0 aromatic heterocycles. The van der Waals surface area contributed by atoms with E-state index in [2.05, 4.69) is 16.7 Å². The Morgan fingerprint density at radius 2 is 1.90 bits per heavy atom. The highest BCUT2D eigenvalue weighted by atomic mass is 35.5. The van der Waals surface area contributed by atoms with Crippen LogP contribution >= 0.6 is 11.6 Å². The second-order valence-electron chi connectivity index (χ2n) is 9.23. The minimum atomic E-state index is -0.0551. The number of carbonyl (C=O) groups is 1. The predicted molar refractivity (Wildman–Crippen MR) is 120 cm³/mol. The summed E-state index contributed by atoms with van der Waals surface area (Å²) < 4.78 is 11.6. The molecule has 6 nitrogen and oxygen atoms in total. The summed E-state index contributed by atoms with van der Waals surface area (Å²) in [6.45, 7) is 7.30. The minimum absolute atomic E-state index is 0.0142. The average Bonchev–Trinajstić information content (AvgIpc) is 3.16. The summed E-state index contributed by atoms with van der Waals surface area (Å²) >= 11 is 6.18. The van der Waals surface area contributed by atoms with Gasteiger partial charge >= 0.3 is 5.97 Å². The molecule has 0 radical (unpaired) electrons. The van der Waals surface area contributed by atoms with E-state index in [1.54, 1.807) is 6.07 Å². The largest absolute Gasteiger partial charge is 0.490 e. The first-order valence-electron chi connectivity index (χ1n) is 11.8. The van der Waals surface area contributed by atoms with Crippen LogP contribution < -0.4 is 4.74 Å². The third-order valence-corrected chi connectivity index (χ3v) is 7.49. The lowest BCUT2D eigenvalue weighted by Crippen LogP contribution is -2.46. The summed E-state index contributed by atoms with van der Waals surface area (Å²) in [4.78, 5) is 17.1. The number of hydrogen-bond donors (Lipinski definition) is 1. The predicted octanol–water partition coefficient (Wildman–Crippen LogP) is 3.48. The molecule has 0 aliphatic carbocycles. The Balaban J connectivity index is 1.17. The minimum Gasteiger partial charge on any atom is -0.490 e. The molecular weight excluding hydrogens is 416 g/mol. The Labute approximate surface area is 190 Å². The van der Waals surface area contributed by atoms with E-state index in [-0.39, 0.29) is 30.8 Å². The first kappa shape index (κ1) is 22.8. The van der Waals surface area contributed by atoms with Gasteiger partial charge in [-0.25, -0.2) is 0 Å². The fraction of sp³-hybridized carbons (Fsp3) is 0.708. The van der Waals surface area contributed by atoms with Crippen molar-refractivity contribution in [3.63, 3.8) is 0 Å². The van der Waals surface area contributed by atoms with Gasteiger partial charge in [-0.2, -0.15) is 0 Å². The normalized spacial score (nSPS) is 26.9. The van der Waals surface area contributed by atoms with E-state index in [4.69, 9.17) is 21.1 Å². The first-order chi connectivity index (χ1) is 15.1. The molecule has 4 rings (SSSR count). The monoisotopic (exact) mass is 450 g/mol. The number of piperidine rings is 2. The van der Waals surface area contributed by atoms with E-state index in [0.29, 0.717) is 10.9 Å². The molecule has 172 valence electrons. The number of esters is 1. The molecule has 1 unspecified atom stereocenters. The highest BCUT2D eigenvalue weighted by Crippen LogP contribution is 2.29. The van der Waals surface area contributed by atoms with Gasteiger partial charge in [0.25, 0.3) is 0 Å². The van der Waals surface area contributed by atoms with Crippen LogP contribution in [0.5, 0.6) is 5.75 Å². The number of likely N-dealkylation sites (tertiary alicyclic amines) is 2. The van der Waals surface area contributed by atoms with Gasteiger partial charge in [-0.05, 0) is 68.8 Å². The van der Waals surface area contributed by atoms with Crippen molar-refractivity contribution in [3.05, 3.63) is 28.8 Å². The number of aliphatic hydroxyl groups is 1. The van der Waals surface area contributed by atoms with Crippen LogP contribution in [0.4, 0.5) is 0 Å². The van der Waals surface area contributed by atoms with Gasteiger partial charge in [0.1, 0.15) is 24.0 Å². The van der Waals surface area contributed by atoms with Crippen LogP contribution in [0.1, 0.15) is 51.0 Å². The molecule has 3 aliphatic rings. The second-order valence-corrected chi connectivity index (χ2v) is 9.63. The van der Waals surface area contributed by atoms with Crippen molar-refractivity contribution >= 4 is 17.6 Å². The Hall–Kier alpha value is -1.34. The van der Waals surface area contributed by atoms with Crippen LogP contribution in [0.25, 0.3) is 0 Å². The number of ether oxygens (including phenoxy) is 2. The van der Waals surface area contributed by atoms with Gasteiger partial charge in [-0.1, -0.05) is 24.6 Å². The van der Waals surface area contributed by atoms with Gasteiger partial charge in [-0.15, -0.1) is 0 Å². The van der Waals surface area contributed by atoms with Crippen molar-refractivity contribution in [1.29, 1.82) is 0 Å². The topological polar surface area (TPSA) is 62.2 Å². The van der Waals surface area contributed by atoms with Gasteiger partial charge < -0.3 is 19.5 Å². The lowest BCUT2D eigenvalue weighted by atomic mass is 9.93. The summed E-state index contributed by atoms with van der Waals surface area (Å²) in [6.07, 6.45) is 6.46. The molecule has 2 atom stereocenters. The molecule has 0 bridgehead atoms. The molecular formula is C24H35ClN2O4. The lowest BCUT2D eigenvalue weighted by Gasteiger charge is -2.38. The number of rotatable bonds is 7. The molecule has 3 heterocycles. The summed E-state index contributed by atoms with van der Waals surface area (Å²) in [5, 5.41) is 9.80. The maximum atomic E-state index is 12.2. The van der Waals surface area contributed by atoms with Gasteiger partial charge in [0.15, 0.2) is 0 Å². The van der Waals surface area contributed by atoms with Crippen LogP contribution in [0.3, 0.4) is 0 Å². The van der Waals surface area contributed by atoms with E-state index in [9.17, 15) is 9.90 Å². The summed E-state index contributed by atoms with van der Waals surface area (Å²) in [5.74, 6) is 1.47. The molecule has 31 heavy (non-hydrogen) atoms. The van der Waals surface area contributed by atoms with Crippen LogP contribution in [0.15, 0.2) is 18.2 Å². The van der Waals surface area contributed by atoms with Crippen LogP contribution in [-0.2, 0) is 16.1 Å². The molecule has 0 spiro atoms. The zero-order valence-electron chi connectivity index (χ0n) is 18.5. The van der Waals surface area contributed by atoms with Crippen LogP contribution in [-0.4, -0.2) is 71.8 Å². The summed E-state index contributed by atoms with van der Waals surface area (Å²) in [5.41, 5.74) is 0.727. The number of halogens is 1. The lowest BCUT2D eigenvalue weighted by molar-refractivity contribution is -0.145. The number of aliphatic hydroxyl groups excluding tert-OH is 1. The second kappa shape index (κ2) is 10.5. The van der Waals surface area contributed by atoms with E-state index in [0.717, 1.165) is 82.6 Å². The van der Waals surface area contributed by atoms with Gasteiger partial charge in [0.05, 0.1) is 6.61 Å². The SMILES string of the molecule is CCC1C[C@H](N2CCC(CN3CCC(Oc4ccc(CO)c(Cl)c4)CC3)CC2)C(=O)O1. The third kappa shape index (κ3) is 5.72. The zero-order valence-corrected chi connectivity index (χ0v) is 19.2. The van der Waals surface area contributed by atoms with E-state index in [1.165, 1.54) is 0 Å². The quantitative estimate of drug-likeness (QED) is 0.642. The van der Waals surface area contributed by atoms with Crippen LogP contribution in [0.2, 0.25) is 5.02 Å². The number of carbonyl (C=O) groups excluding carboxylic acids is 1. The Morgan fingerprint density at radius 3 is 2.52 bits per heavy atom. The van der Waals surface area contributed by atoms with Gasteiger partial charge in [0, 0.05) is 31.1 Å². The van der Waals surface area contributed by atoms with E-state index >= 15 is 0 Å². The van der Waals surface area contributed by atoms with Gasteiger partial charge in [0.2, 0.25) is 0 Å². The third-order valence-electron chi connectivity index (χ3n) is 7.13. The molecule has 1 aromatic rings. The molecule has 3 fully saturated rings. The Morgan fingerprint density at radius 1 is 1.16 bits per heavy atom. The fourth-order valence-electron chi connectivity index (χ4n) is 5.13. The average molecular weight is 451 g/mol. The molecule has 3 aliphatic heterocycles. The molecule has 7 heteroatoms. The highest BCUT2D eigenvalue weighted by molar-refractivity contribution is 6.31. The maximum absolute atomic E-state index is 12.2. The molecule has 1 N–H and O–H groups in total. The number of benzene rings is 1. The summed E-state index contributed by atoms with van der Waals surface area (Å²) in [7, 11) is 0. The first-order valence-corrected chi connectivity index (χ1v) is 12.2. The summed E-state index contributed by atoms with van der Waals surface area (Å²) in [6, 6.07) is 5.50. The Kier molecular flexibility index (Phi) is 7.75. The van der Waals surface area contributed by atoms with Crippen molar-refractivity contribution in [2.75, 3.05) is 32.7 Å². The number of cyclic esters (lactones) is 1.